The fourth-order valence-electron chi connectivity index (χ4n) is 1.74. The molecule has 0 radical (unpaired) electrons. The molecular formula is C12H21NO. The summed E-state index contributed by atoms with van der Waals surface area (Å²) in [6.45, 7) is 10.1. The Kier molecular flexibility index (Phi) is 3.73. The SMILES string of the molecule is CC(C)C(=O)N1CCC=C(C(C)C)C1. The second-order valence-electron chi connectivity index (χ2n) is 4.64. The van der Waals surface area contributed by atoms with E-state index in [4.69, 9.17) is 0 Å². The first kappa shape index (κ1) is 11.3. The average Bonchev–Trinajstić information content (AvgIpc) is 2.16. The third kappa shape index (κ3) is 2.60. The van der Waals surface area contributed by atoms with Crippen LogP contribution in [-0.4, -0.2) is 23.9 Å². The van der Waals surface area contributed by atoms with Crippen LogP contribution >= 0.6 is 0 Å². The van der Waals surface area contributed by atoms with Gasteiger partial charge in [0.1, 0.15) is 0 Å². The molecule has 1 amide bonds. The molecule has 14 heavy (non-hydrogen) atoms. The Labute approximate surface area is 87.0 Å². The molecule has 0 aromatic carbocycles. The number of rotatable bonds is 2. The zero-order valence-corrected chi connectivity index (χ0v) is 9.71. The van der Waals surface area contributed by atoms with E-state index in [2.05, 4.69) is 19.9 Å². The van der Waals surface area contributed by atoms with Crippen LogP contribution in [0.2, 0.25) is 0 Å². The van der Waals surface area contributed by atoms with Crippen LogP contribution in [0.5, 0.6) is 0 Å². The lowest BCUT2D eigenvalue weighted by molar-refractivity contribution is -0.134. The number of hydrogen-bond acceptors (Lipinski definition) is 1. The lowest BCUT2D eigenvalue weighted by Crippen LogP contribution is -2.39. The number of amides is 1. The van der Waals surface area contributed by atoms with Crippen LogP contribution < -0.4 is 0 Å². The average molecular weight is 195 g/mol. The van der Waals surface area contributed by atoms with E-state index in [9.17, 15) is 4.79 Å². The minimum absolute atomic E-state index is 0.126. The molecule has 2 nitrogen and oxygen atoms in total. The van der Waals surface area contributed by atoms with E-state index in [1.807, 2.05) is 18.7 Å². The van der Waals surface area contributed by atoms with Crippen LogP contribution in [-0.2, 0) is 4.79 Å². The summed E-state index contributed by atoms with van der Waals surface area (Å²) in [6.07, 6.45) is 3.31. The number of hydrogen-bond donors (Lipinski definition) is 0. The van der Waals surface area contributed by atoms with Crippen LogP contribution in [0.25, 0.3) is 0 Å². The van der Waals surface area contributed by atoms with Crippen LogP contribution in [0.4, 0.5) is 0 Å². The molecule has 0 aliphatic carbocycles. The molecule has 0 unspecified atom stereocenters. The van der Waals surface area contributed by atoms with E-state index >= 15 is 0 Å². The van der Waals surface area contributed by atoms with E-state index in [0.717, 1.165) is 19.5 Å². The molecule has 0 saturated heterocycles. The van der Waals surface area contributed by atoms with Gasteiger partial charge in [-0.05, 0) is 12.3 Å². The van der Waals surface area contributed by atoms with Gasteiger partial charge in [0.2, 0.25) is 5.91 Å². The van der Waals surface area contributed by atoms with Gasteiger partial charge in [0, 0.05) is 19.0 Å². The lowest BCUT2D eigenvalue weighted by atomic mass is 9.98. The monoisotopic (exact) mass is 195 g/mol. The number of nitrogens with zero attached hydrogens (tertiary/aromatic N) is 1. The van der Waals surface area contributed by atoms with Gasteiger partial charge >= 0.3 is 0 Å². The summed E-state index contributed by atoms with van der Waals surface area (Å²) in [5.74, 6) is 0.982. The molecular weight excluding hydrogens is 174 g/mol. The molecule has 1 aliphatic heterocycles. The van der Waals surface area contributed by atoms with Gasteiger partial charge in [-0.15, -0.1) is 0 Å². The summed E-state index contributed by atoms with van der Waals surface area (Å²) < 4.78 is 0. The highest BCUT2D eigenvalue weighted by molar-refractivity contribution is 5.78. The maximum absolute atomic E-state index is 11.8. The van der Waals surface area contributed by atoms with Gasteiger partial charge in [-0.3, -0.25) is 4.79 Å². The topological polar surface area (TPSA) is 20.3 Å². The molecule has 2 heteroatoms. The lowest BCUT2D eigenvalue weighted by Gasteiger charge is -2.30. The minimum atomic E-state index is 0.126. The minimum Gasteiger partial charge on any atom is -0.338 e. The van der Waals surface area contributed by atoms with Crippen molar-refractivity contribution in [3.63, 3.8) is 0 Å². The van der Waals surface area contributed by atoms with Crippen molar-refractivity contribution in [3.8, 4) is 0 Å². The maximum Gasteiger partial charge on any atom is 0.225 e. The first-order valence-electron chi connectivity index (χ1n) is 5.50. The van der Waals surface area contributed by atoms with Gasteiger partial charge in [-0.1, -0.05) is 39.3 Å². The van der Waals surface area contributed by atoms with Crippen molar-refractivity contribution in [2.75, 3.05) is 13.1 Å². The summed E-state index contributed by atoms with van der Waals surface area (Å²) in [5.41, 5.74) is 1.41. The Hall–Kier alpha value is -0.790. The number of carbonyl (C=O) groups excluding carboxylic acids is 1. The van der Waals surface area contributed by atoms with Crippen molar-refractivity contribution < 1.29 is 4.79 Å². The van der Waals surface area contributed by atoms with Gasteiger partial charge in [-0.2, -0.15) is 0 Å². The van der Waals surface area contributed by atoms with E-state index in [1.165, 1.54) is 5.57 Å². The van der Waals surface area contributed by atoms with Crippen LogP contribution in [0.15, 0.2) is 11.6 Å². The molecule has 0 fully saturated rings. The summed E-state index contributed by atoms with van der Waals surface area (Å²) >= 11 is 0. The Morgan fingerprint density at radius 3 is 2.50 bits per heavy atom. The predicted molar refractivity (Wildman–Crippen MR) is 59.0 cm³/mol. The largest absolute Gasteiger partial charge is 0.338 e. The van der Waals surface area contributed by atoms with Crippen molar-refractivity contribution in [2.45, 2.75) is 34.1 Å². The van der Waals surface area contributed by atoms with Gasteiger partial charge in [0.25, 0.3) is 0 Å². The fourth-order valence-corrected chi connectivity index (χ4v) is 1.74. The standard InChI is InChI=1S/C12H21NO/c1-9(2)11-6-5-7-13(8-11)12(14)10(3)4/h6,9-10H,5,7-8H2,1-4H3. The second kappa shape index (κ2) is 4.63. The van der Waals surface area contributed by atoms with Crippen LogP contribution in [0.1, 0.15) is 34.1 Å². The summed E-state index contributed by atoms with van der Waals surface area (Å²) in [7, 11) is 0. The Morgan fingerprint density at radius 2 is 2.00 bits per heavy atom. The highest BCUT2D eigenvalue weighted by atomic mass is 16.2. The normalized spacial score (nSPS) is 17.6. The molecule has 80 valence electrons. The Balaban J connectivity index is 2.61. The quantitative estimate of drug-likeness (QED) is 0.620. The highest BCUT2D eigenvalue weighted by Crippen LogP contribution is 2.18. The summed E-state index contributed by atoms with van der Waals surface area (Å²) in [6, 6.07) is 0. The molecule has 0 N–H and O–H groups in total. The predicted octanol–water partition coefficient (Wildman–Crippen LogP) is 2.46. The molecule has 0 saturated carbocycles. The van der Waals surface area contributed by atoms with E-state index in [1.54, 1.807) is 0 Å². The third-order valence-electron chi connectivity index (χ3n) is 2.73. The van der Waals surface area contributed by atoms with Gasteiger partial charge in [-0.25, -0.2) is 0 Å². The molecule has 1 aliphatic rings. The summed E-state index contributed by atoms with van der Waals surface area (Å²) in [4.78, 5) is 13.8. The van der Waals surface area contributed by atoms with Crippen LogP contribution in [0.3, 0.4) is 0 Å². The molecule has 0 aromatic rings. The second-order valence-corrected chi connectivity index (χ2v) is 4.64. The molecule has 0 aromatic heterocycles. The van der Waals surface area contributed by atoms with Crippen molar-refractivity contribution in [2.24, 2.45) is 11.8 Å². The fraction of sp³-hybridized carbons (Fsp3) is 0.750. The maximum atomic E-state index is 11.8. The third-order valence-corrected chi connectivity index (χ3v) is 2.73. The van der Waals surface area contributed by atoms with Gasteiger partial charge in [0.05, 0.1) is 0 Å². The van der Waals surface area contributed by atoms with Gasteiger partial charge in [0.15, 0.2) is 0 Å². The smallest absolute Gasteiger partial charge is 0.225 e. The van der Waals surface area contributed by atoms with E-state index in [0.29, 0.717) is 5.92 Å². The van der Waals surface area contributed by atoms with Gasteiger partial charge < -0.3 is 4.90 Å². The molecule has 0 spiro atoms. The van der Waals surface area contributed by atoms with Crippen molar-refractivity contribution >= 4 is 5.91 Å². The molecule has 0 bridgehead atoms. The van der Waals surface area contributed by atoms with E-state index in [-0.39, 0.29) is 11.8 Å². The van der Waals surface area contributed by atoms with Crippen molar-refractivity contribution in [1.29, 1.82) is 0 Å². The van der Waals surface area contributed by atoms with Crippen LogP contribution in [0, 0.1) is 11.8 Å². The summed E-state index contributed by atoms with van der Waals surface area (Å²) in [5, 5.41) is 0. The first-order chi connectivity index (χ1) is 6.52. The van der Waals surface area contributed by atoms with Crippen molar-refractivity contribution in [1.82, 2.24) is 4.90 Å². The zero-order chi connectivity index (χ0) is 10.7. The highest BCUT2D eigenvalue weighted by Gasteiger charge is 2.21. The van der Waals surface area contributed by atoms with Crippen molar-refractivity contribution in [3.05, 3.63) is 11.6 Å². The number of carbonyl (C=O) groups is 1. The molecule has 1 rings (SSSR count). The first-order valence-corrected chi connectivity index (χ1v) is 5.50. The van der Waals surface area contributed by atoms with E-state index < -0.39 is 0 Å². The molecule has 1 heterocycles. The zero-order valence-electron chi connectivity index (χ0n) is 9.71. The Bertz CT molecular complexity index is 241. The Morgan fingerprint density at radius 1 is 1.36 bits per heavy atom. The molecule has 0 atom stereocenters.